The van der Waals surface area contributed by atoms with Gasteiger partial charge in [0.2, 0.25) is 0 Å². The zero-order valence-electron chi connectivity index (χ0n) is 9.90. The van der Waals surface area contributed by atoms with Crippen molar-refractivity contribution < 1.29 is 19.7 Å². The van der Waals surface area contributed by atoms with E-state index in [0.717, 1.165) is 0 Å². The van der Waals surface area contributed by atoms with Gasteiger partial charge >= 0.3 is 6.09 Å². The Balaban J connectivity index is 4.10. The molecule has 2 N–H and O–H groups in total. The van der Waals surface area contributed by atoms with Crippen LogP contribution in [0.1, 0.15) is 12.8 Å². The number of carbonyl (C=O) groups excluding carboxylic acids is 1. The third-order valence-corrected chi connectivity index (χ3v) is 1.85. The summed E-state index contributed by atoms with van der Waals surface area (Å²) in [6.45, 7) is 0.501. The Morgan fingerprint density at radius 3 is 1.88 bits per heavy atom. The Kier molecular flexibility index (Phi) is 9.74. The molecular formula is C12H17NO4. The van der Waals surface area contributed by atoms with Gasteiger partial charge in [0, 0.05) is 25.9 Å². The minimum absolute atomic E-state index is 0.180. The van der Waals surface area contributed by atoms with Crippen molar-refractivity contribution in [3.63, 3.8) is 0 Å². The third kappa shape index (κ3) is 8.15. The number of hydrogen-bond acceptors (Lipinski definition) is 4. The van der Waals surface area contributed by atoms with Crippen LogP contribution in [0.25, 0.3) is 0 Å². The largest absolute Gasteiger partial charge is 0.453 e. The molecular weight excluding hydrogens is 222 g/mol. The number of aliphatic hydroxyl groups excluding tert-OH is 2. The third-order valence-electron chi connectivity index (χ3n) is 1.85. The molecule has 0 aromatic rings. The first kappa shape index (κ1) is 15.3. The number of nitrogens with zero attached hydrogens (tertiary/aromatic N) is 1. The van der Waals surface area contributed by atoms with E-state index in [9.17, 15) is 4.79 Å². The molecule has 0 saturated heterocycles. The first-order valence-electron chi connectivity index (χ1n) is 5.22. The topological polar surface area (TPSA) is 70.0 Å². The maximum atomic E-state index is 11.3. The first-order valence-corrected chi connectivity index (χ1v) is 5.22. The zero-order valence-corrected chi connectivity index (χ0v) is 9.90. The second kappa shape index (κ2) is 10.8. The highest BCUT2D eigenvalue weighted by molar-refractivity contribution is 5.67. The summed E-state index contributed by atoms with van der Waals surface area (Å²) >= 11 is 0. The van der Waals surface area contributed by atoms with Gasteiger partial charge in [0.15, 0.2) is 0 Å². The van der Waals surface area contributed by atoms with Gasteiger partial charge in [-0.3, -0.25) is 0 Å². The summed E-state index contributed by atoms with van der Waals surface area (Å²) in [6.07, 6.45) is 0.521. The molecule has 5 nitrogen and oxygen atoms in total. The van der Waals surface area contributed by atoms with Crippen molar-refractivity contribution in [3.8, 4) is 23.7 Å². The Morgan fingerprint density at radius 2 is 1.53 bits per heavy atom. The fraction of sp³-hybridized carbons (Fsp3) is 0.583. The molecule has 0 bridgehead atoms. The van der Waals surface area contributed by atoms with E-state index in [0.29, 0.717) is 25.9 Å². The fourth-order valence-electron chi connectivity index (χ4n) is 1.09. The molecule has 0 fully saturated rings. The fourth-order valence-corrected chi connectivity index (χ4v) is 1.09. The lowest BCUT2D eigenvalue weighted by molar-refractivity contribution is 0.125. The van der Waals surface area contributed by atoms with Crippen molar-refractivity contribution in [2.75, 3.05) is 33.4 Å². The molecule has 0 heterocycles. The van der Waals surface area contributed by atoms with Crippen LogP contribution in [-0.4, -0.2) is 54.6 Å². The molecule has 0 aliphatic rings. The summed E-state index contributed by atoms with van der Waals surface area (Å²) in [4.78, 5) is 12.8. The maximum Gasteiger partial charge on any atom is 0.409 e. The summed E-state index contributed by atoms with van der Waals surface area (Å²) < 4.78 is 4.62. The van der Waals surface area contributed by atoms with Crippen molar-refractivity contribution >= 4 is 6.09 Å². The lowest BCUT2D eigenvalue weighted by Crippen LogP contribution is -2.32. The van der Waals surface area contributed by atoms with Crippen molar-refractivity contribution in [2.24, 2.45) is 0 Å². The molecule has 0 aliphatic heterocycles. The van der Waals surface area contributed by atoms with Crippen LogP contribution in [0.2, 0.25) is 0 Å². The van der Waals surface area contributed by atoms with Crippen LogP contribution in [0.4, 0.5) is 4.79 Å². The molecule has 0 unspecified atom stereocenters. The minimum atomic E-state index is -0.429. The monoisotopic (exact) mass is 239 g/mol. The van der Waals surface area contributed by atoms with E-state index in [1.54, 1.807) is 0 Å². The van der Waals surface area contributed by atoms with Gasteiger partial charge in [-0.25, -0.2) is 4.79 Å². The van der Waals surface area contributed by atoms with Crippen molar-refractivity contribution in [1.29, 1.82) is 0 Å². The summed E-state index contributed by atoms with van der Waals surface area (Å²) in [5.74, 6) is 10.4. The molecule has 0 spiro atoms. The van der Waals surface area contributed by atoms with Gasteiger partial charge in [0.1, 0.15) is 13.2 Å². The van der Waals surface area contributed by atoms with E-state index in [-0.39, 0.29) is 13.2 Å². The summed E-state index contributed by atoms with van der Waals surface area (Å²) in [5.41, 5.74) is 0. The predicted molar refractivity (Wildman–Crippen MR) is 62.9 cm³/mol. The van der Waals surface area contributed by atoms with E-state index in [1.807, 2.05) is 0 Å². The van der Waals surface area contributed by atoms with Crippen LogP contribution in [0, 0.1) is 23.7 Å². The highest BCUT2D eigenvalue weighted by atomic mass is 16.5. The molecule has 1 amide bonds. The van der Waals surface area contributed by atoms with E-state index in [4.69, 9.17) is 10.2 Å². The van der Waals surface area contributed by atoms with Gasteiger partial charge in [-0.2, -0.15) is 0 Å². The number of amides is 1. The maximum absolute atomic E-state index is 11.3. The van der Waals surface area contributed by atoms with Gasteiger partial charge < -0.3 is 19.8 Å². The van der Waals surface area contributed by atoms with Gasteiger partial charge in [-0.05, 0) is 0 Å². The average molecular weight is 239 g/mol. The van der Waals surface area contributed by atoms with E-state index in [2.05, 4.69) is 28.4 Å². The molecule has 94 valence electrons. The van der Waals surface area contributed by atoms with E-state index < -0.39 is 6.09 Å². The number of carbonyl (C=O) groups is 1. The van der Waals surface area contributed by atoms with Crippen LogP contribution in [0.3, 0.4) is 0 Å². The van der Waals surface area contributed by atoms with E-state index in [1.165, 1.54) is 12.0 Å². The zero-order chi connectivity index (χ0) is 12.9. The molecule has 0 aromatic carbocycles. The minimum Gasteiger partial charge on any atom is -0.453 e. The Bertz CT molecular complexity index is 306. The Morgan fingerprint density at radius 1 is 1.06 bits per heavy atom. The number of ether oxygens (including phenoxy) is 1. The van der Waals surface area contributed by atoms with Crippen LogP contribution in [0.5, 0.6) is 0 Å². The SMILES string of the molecule is COC(=O)N(CCC#CCO)CCC#CCO. The van der Waals surface area contributed by atoms with Gasteiger partial charge in [-0.1, -0.05) is 23.7 Å². The quantitative estimate of drug-likeness (QED) is 0.668. The summed E-state index contributed by atoms with van der Waals surface area (Å²) in [5, 5.41) is 16.9. The van der Waals surface area contributed by atoms with Crippen molar-refractivity contribution in [1.82, 2.24) is 4.90 Å². The Hall–Kier alpha value is -1.69. The molecule has 0 saturated carbocycles. The smallest absolute Gasteiger partial charge is 0.409 e. The van der Waals surface area contributed by atoms with Crippen LogP contribution in [0.15, 0.2) is 0 Å². The summed E-state index contributed by atoms with van der Waals surface area (Å²) in [6, 6.07) is 0. The molecule has 17 heavy (non-hydrogen) atoms. The van der Waals surface area contributed by atoms with Crippen LogP contribution in [-0.2, 0) is 4.74 Å². The predicted octanol–water partition coefficient (Wildman–Crippen LogP) is -0.174. The first-order chi connectivity index (χ1) is 8.26. The molecule has 0 rings (SSSR count). The second-order valence-corrected chi connectivity index (χ2v) is 2.98. The van der Waals surface area contributed by atoms with Crippen LogP contribution >= 0.6 is 0 Å². The standard InChI is InChI=1S/C12H17NO4/c1-17-12(16)13(8-4-2-6-10-14)9-5-3-7-11-15/h14-15H,4-5,8-11H2,1H3. The molecule has 0 atom stereocenters. The molecule has 0 aliphatic carbocycles. The normalized spacial score (nSPS) is 8.41. The lowest BCUT2D eigenvalue weighted by Gasteiger charge is -2.18. The second-order valence-electron chi connectivity index (χ2n) is 2.98. The van der Waals surface area contributed by atoms with E-state index >= 15 is 0 Å². The van der Waals surface area contributed by atoms with Gasteiger partial charge in [-0.15, -0.1) is 0 Å². The molecule has 0 radical (unpaired) electrons. The number of hydrogen-bond donors (Lipinski definition) is 2. The highest BCUT2D eigenvalue weighted by Crippen LogP contribution is 1.97. The van der Waals surface area contributed by atoms with Crippen molar-refractivity contribution in [3.05, 3.63) is 0 Å². The molecule has 0 aromatic heterocycles. The molecule has 5 heteroatoms. The lowest BCUT2D eigenvalue weighted by atomic mass is 10.3. The Labute approximate surface area is 101 Å². The number of rotatable bonds is 4. The number of methoxy groups -OCH3 is 1. The summed E-state index contributed by atoms with van der Waals surface area (Å²) in [7, 11) is 1.31. The van der Waals surface area contributed by atoms with Crippen LogP contribution < -0.4 is 0 Å². The van der Waals surface area contributed by atoms with Crippen molar-refractivity contribution in [2.45, 2.75) is 12.8 Å². The van der Waals surface area contributed by atoms with Gasteiger partial charge in [0.05, 0.1) is 7.11 Å². The number of aliphatic hydroxyl groups is 2. The van der Waals surface area contributed by atoms with Gasteiger partial charge in [0.25, 0.3) is 0 Å². The highest BCUT2D eigenvalue weighted by Gasteiger charge is 2.11. The average Bonchev–Trinajstić information content (AvgIpc) is 2.36.